The van der Waals surface area contributed by atoms with Crippen LogP contribution in [0.1, 0.15) is 44.3 Å². The number of hydrogen-bond acceptors (Lipinski definition) is 6. The summed E-state index contributed by atoms with van der Waals surface area (Å²) in [7, 11) is 0. The minimum atomic E-state index is 0.195. The van der Waals surface area contributed by atoms with Gasteiger partial charge in [-0.25, -0.2) is 0 Å². The lowest BCUT2D eigenvalue weighted by atomic mass is 9.78. The van der Waals surface area contributed by atoms with Crippen LogP contribution in [0.25, 0.3) is 11.5 Å². The first-order chi connectivity index (χ1) is 12.2. The van der Waals surface area contributed by atoms with Gasteiger partial charge in [0.2, 0.25) is 5.91 Å². The molecule has 2 aromatic heterocycles. The lowest BCUT2D eigenvalue weighted by Gasteiger charge is -2.44. The van der Waals surface area contributed by atoms with Crippen LogP contribution in [0.3, 0.4) is 0 Å². The molecular weight excluding hydrogens is 338 g/mol. The van der Waals surface area contributed by atoms with E-state index in [9.17, 15) is 4.79 Å². The van der Waals surface area contributed by atoms with Gasteiger partial charge in [0.05, 0.1) is 17.6 Å². The number of thioether (sulfide) groups is 1. The molecule has 0 aromatic carbocycles. The highest BCUT2D eigenvalue weighted by Crippen LogP contribution is 2.36. The van der Waals surface area contributed by atoms with Gasteiger partial charge in [-0.2, -0.15) is 0 Å². The molecule has 2 atom stereocenters. The molecule has 0 spiro atoms. The highest BCUT2D eigenvalue weighted by atomic mass is 32.2. The van der Waals surface area contributed by atoms with Gasteiger partial charge in [-0.05, 0) is 44.6 Å². The monoisotopic (exact) mass is 361 g/mol. The topological polar surface area (TPSA) is 72.4 Å². The highest BCUT2D eigenvalue weighted by molar-refractivity contribution is 7.99. The maximum Gasteiger partial charge on any atom is 0.277 e. The number of furan rings is 1. The van der Waals surface area contributed by atoms with Crippen molar-refractivity contribution in [2.75, 3.05) is 12.3 Å². The fraction of sp³-hybridized carbons (Fsp3) is 0.611. The van der Waals surface area contributed by atoms with E-state index < -0.39 is 0 Å². The average Bonchev–Trinajstić information content (AvgIpc) is 3.27. The molecule has 0 N–H and O–H groups in total. The van der Waals surface area contributed by atoms with Gasteiger partial charge >= 0.3 is 0 Å². The molecule has 6 nitrogen and oxygen atoms in total. The van der Waals surface area contributed by atoms with Crippen molar-refractivity contribution in [1.82, 2.24) is 15.1 Å². The van der Waals surface area contributed by atoms with E-state index in [2.05, 4.69) is 15.1 Å². The van der Waals surface area contributed by atoms with Crippen molar-refractivity contribution in [1.29, 1.82) is 0 Å². The van der Waals surface area contributed by atoms with Gasteiger partial charge in [-0.15, -0.1) is 10.2 Å². The van der Waals surface area contributed by atoms with E-state index >= 15 is 0 Å². The Morgan fingerprint density at radius 2 is 2.12 bits per heavy atom. The van der Waals surface area contributed by atoms with Crippen molar-refractivity contribution < 1.29 is 13.6 Å². The number of aryl methyl sites for hydroxylation is 1. The van der Waals surface area contributed by atoms with E-state index in [-0.39, 0.29) is 5.91 Å². The molecule has 3 heterocycles. The molecule has 7 heteroatoms. The quantitative estimate of drug-likeness (QED) is 0.769. The normalized spacial score (nSPS) is 23.5. The van der Waals surface area contributed by atoms with Crippen LogP contribution in [0.2, 0.25) is 0 Å². The Bertz CT molecular complexity index is 740. The largest absolute Gasteiger partial charge is 0.469 e. The van der Waals surface area contributed by atoms with Crippen LogP contribution in [-0.4, -0.2) is 39.3 Å². The Kier molecular flexibility index (Phi) is 4.83. The van der Waals surface area contributed by atoms with Crippen LogP contribution >= 0.6 is 11.8 Å². The number of nitrogens with zero attached hydrogens (tertiary/aromatic N) is 3. The number of likely N-dealkylation sites (tertiary alicyclic amines) is 1. The van der Waals surface area contributed by atoms with E-state index in [0.29, 0.717) is 28.8 Å². The number of carbonyl (C=O) groups excluding carboxylic acids is 1. The molecule has 2 aromatic rings. The fourth-order valence-electron chi connectivity index (χ4n) is 4.12. The SMILES string of the molecule is Cc1occc1-c1nnc(SCC(=O)N2CCC[C@H]3CCCC[C@@H]32)o1. The van der Waals surface area contributed by atoms with Crippen LogP contribution in [0, 0.1) is 12.8 Å². The molecule has 1 aliphatic heterocycles. The maximum atomic E-state index is 12.7. The molecule has 1 saturated carbocycles. The summed E-state index contributed by atoms with van der Waals surface area (Å²) in [6.45, 7) is 2.75. The molecule has 0 unspecified atom stereocenters. The van der Waals surface area contributed by atoms with E-state index in [0.717, 1.165) is 30.7 Å². The van der Waals surface area contributed by atoms with Gasteiger partial charge < -0.3 is 13.7 Å². The Balaban J connectivity index is 1.37. The Morgan fingerprint density at radius 3 is 2.96 bits per heavy atom. The Hall–Kier alpha value is -1.76. The first kappa shape index (κ1) is 16.7. The third-order valence-electron chi connectivity index (χ3n) is 5.38. The molecule has 134 valence electrons. The van der Waals surface area contributed by atoms with Gasteiger partial charge in [-0.3, -0.25) is 4.79 Å². The van der Waals surface area contributed by atoms with Crippen molar-refractivity contribution >= 4 is 17.7 Å². The summed E-state index contributed by atoms with van der Waals surface area (Å²) in [6.07, 6.45) is 9.00. The van der Waals surface area contributed by atoms with Crippen molar-refractivity contribution in [2.45, 2.75) is 56.7 Å². The third-order valence-corrected chi connectivity index (χ3v) is 6.18. The molecule has 0 radical (unpaired) electrons. The molecule has 2 fully saturated rings. The summed E-state index contributed by atoms with van der Waals surface area (Å²) in [5.74, 6) is 2.44. The maximum absolute atomic E-state index is 12.7. The minimum Gasteiger partial charge on any atom is -0.469 e. The smallest absolute Gasteiger partial charge is 0.277 e. The van der Waals surface area contributed by atoms with Gasteiger partial charge in [0, 0.05) is 12.6 Å². The summed E-state index contributed by atoms with van der Waals surface area (Å²) in [6, 6.07) is 2.25. The Labute approximate surface area is 151 Å². The molecule has 0 bridgehead atoms. The minimum absolute atomic E-state index is 0.195. The van der Waals surface area contributed by atoms with E-state index in [1.54, 1.807) is 12.3 Å². The average molecular weight is 361 g/mol. The molecule has 1 amide bonds. The molecule has 25 heavy (non-hydrogen) atoms. The van der Waals surface area contributed by atoms with E-state index in [1.807, 2.05) is 6.92 Å². The molecule has 4 rings (SSSR count). The van der Waals surface area contributed by atoms with Crippen LogP contribution in [-0.2, 0) is 4.79 Å². The standard InChI is InChI=1S/C18H23N3O3S/c1-12-14(8-10-23-12)17-19-20-18(24-17)25-11-16(22)21-9-4-6-13-5-2-3-7-15(13)21/h8,10,13,15H,2-7,9,11H2,1H3/t13-,15+/m1/s1. The predicted molar refractivity (Wildman–Crippen MR) is 94.2 cm³/mol. The Morgan fingerprint density at radius 1 is 1.28 bits per heavy atom. The van der Waals surface area contributed by atoms with Gasteiger partial charge in [0.15, 0.2) is 0 Å². The van der Waals surface area contributed by atoms with Crippen LogP contribution < -0.4 is 0 Å². The third kappa shape index (κ3) is 3.47. The lowest BCUT2D eigenvalue weighted by Crippen LogP contribution is -2.50. The van der Waals surface area contributed by atoms with Crippen LogP contribution in [0.4, 0.5) is 0 Å². The predicted octanol–water partition coefficient (Wildman–Crippen LogP) is 3.91. The zero-order valence-electron chi connectivity index (χ0n) is 14.4. The summed E-state index contributed by atoms with van der Waals surface area (Å²) < 4.78 is 10.9. The second-order valence-corrected chi connectivity index (χ2v) is 7.82. The molecule has 2 aliphatic rings. The zero-order chi connectivity index (χ0) is 17.2. The van der Waals surface area contributed by atoms with Gasteiger partial charge in [0.1, 0.15) is 5.76 Å². The molecule has 1 saturated heterocycles. The first-order valence-corrected chi connectivity index (χ1v) is 10.0. The number of aromatic nitrogens is 2. The summed E-state index contributed by atoms with van der Waals surface area (Å²) in [5.41, 5.74) is 0.798. The summed E-state index contributed by atoms with van der Waals surface area (Å²) >= 11 is 1.32. The van der Waals surface area contributed by atoms with E-state index in [4.69, 9.17) is 8.83 Å². The zero-order valence-corrected chi connectivity index (χ0v) is 15.3. The fourth-order valence-corrected chi connectivity index (χ4v) is 4.77. The molecular formula is C18H23N3O3S. The number of rotatable bonds is 4. The van der Waals surface area contributed by atoms with Crippen LogP contribution in [0.15, 0.2) is 26.4 Å². The summed E-state index contributed by atoms with van der Waals surface area (Å²) in [5, 5.41) is 8.53. The van der Waals surface area contributed by atoms with Gasteiger partial charge in [-0.1, -0.05) is 24.6 Å². The number of amides is 1. The van der Waals surface area contributed by atoms with Gasteiger partial charge in [0.25, 0.3) is 11.1 Å². The number of piperidine rings is 1. The first-order valence-electron chi connectivity index (χ1n) is 9.02. The second kappa shape index (κ2) is 7.23. The molecule has 1 aliphatic carbocycles. The number of hydrogen-bond donors (Lipinski definition) is 0. The number of carbonyl (C=O) groups is 1. The number of fused-ring (bicyclic) bond motifs is 1. The highest BCUT2D eigenvalue weighted by Gasteiger charge is 2.35. The van der Waals surface area contributed by atoms with Crippen molar-refractivity contribution in [3.63, 3.8) is 0 Å². The lowest BCUT2D eigenvalue weighted by molar-refractivity contribution is -0.134. The van der Waals surface area contributed by atoms with Crippen molar-refractivity contribution in [2.24, 2.45) is 5.92 Å². The van der Waals surface area contributed by atoms with Crippen LogP contribution in [0.5, 0.6) is 0 Å². The second-order valence-electron chi connectivity index (χ2n) is 6.89. The van der Waals surface area contributed by atoms with Crippen molar-refractivity contribution in [3.8, 4) is 11.5 Å². The summed E-state index contributed by atoms with van der Waals surface area (Å²) in [4.78, 5) is 14.8. The van der Waals surface area contributed by atoms with E-state index in [1.165, 1.54) is 37.4 Å². The van der Waals surface area contributed by atoms with Crippen molar-refractivity contribution in [3.05, 3.63) is 18.1 Å².